The minimum atomic E-state index is 0.452. The Kier molecular flexibility index (Phi) is 4.60. The Labute approximate surface area is 97.7 Å². The molecule has 0 aliphatic heterocycles. The topological polar surface area (TPSA) is 42.2 Å². The van der Waals surface area contributed by atoms with E-state index >= 15 is 0 Å². The van der Waals surface area contributed by atoms with Gasteiger partial charge in [-0.1, -0.05) is 15.9 Å². The fraction of sp³-hybridized carbons (Fsp3) is 0.364. The van der Waals surface area contributed by atoms with Gasteiger partial charge in [-0.3, -0.25) is 0 Å². The number of methoxy groups -OCH3 is 1. The SMILES string of the molecule is COCCOc1c(C)cc(Br)cc1C#N. The van der Waals surface area contributed by atoms with Crippen LogP contribution < -0.4 is 4.74 Å². The van der Waals surface area contributed by atoms with E-state index in [1.807, 2.05) is 13.0 Å². The molecular formula is C11H12BrNO2. The fourth-order valence-corrected chi connectivity index (χ4v) is 1.80. The van der Waals surface area contributed by atoms with Crippen LogP contribution in [0.4, 0.5) is 0 Å². The molecule has 0 spiro atoms. The summed E-state index contributed by atoms with van der Waals surface area (Å²) < 4.78 is 11.3. The molecule has 0 heterocycles. The van der Waals surface area contributed by atoms with Crippen molar-refractivity contribution in [3.63, 3.8) is 0 Å². The number of hydrogen-bond donors (Lipinski definition) is 0. The molecule has 0 amide bonds. The number of hydrogen-bond acceptors (Lipinski definition) is 3. The van der Waals surface area contributed by atoms with Gasteiger partial charge >= 0.3 is 0 Å². The number of rotatable bonds is 4. The van der Waals surface area contributed by atoms with Crippen LogP contribution in [0.15, 0.2) is 16.6 Å². The highest BCUT2D eigenvalue weighted by Gasteiger charge is 2.08. The number of nitrogens with zero attached hydrogens (tertiary/aromatic N) is 1. The van der Waals surface area contributed by atoms with E-state index in [0.717, 1.165) is 10.0 Å². The first-order valence-electron chi connectivity index (χ1n) is 4.51. The number of benzene rings is 1. The highest BCUT2D eigenvalue weighted by atomic mass is 79.9. The average molecular weight is 270 g/mol. The lowest BCUT2D eigenvalue weighted by Crippen LogP contribution is -2.06. The molecule has 0 aliphatic rings. The Balaban J connectivity index is 2.90. The number of ether oxygens (including phenoxy) is 2. The quantitative estimate of drug-likeness (QED) is 0.790. The van der Waals surface area contributed by atoms with Crippen LogP contribution in [0.2, 0.25) is 0 Å². The van der Waals surface area contributed by atoms with E-state index in [0.29, 0.717) is 24.5 Å². The monoisotopic (exact) mass is 269 g/mol. The second kappa shape index (κ2) is 5.74. The molecule has 0 saturated heterocycles. The Hall–Kier alpha value is -1.05. The van der Waals surface area contributed by atoms with E-state index < -0.39 is 0 Å². The molecule has 0 bridgehead atoms. The van der Waals surface area contributed by atoms with Crippen molar-refractivity contribution in [2.75, 3.05) is 20.3 Å². The lowest BCUT2D eigenvalue weighted by atomic mass is 10.1. The van der Waals surface area contributed by atoms with E-state index in [9.17, 15) is 0 Å². The van der Waals surface area contributed by atoms with Crippen molar-refractivity contribution in [2.24, 2.45) is 0 Å². The maximum atomic E-state index is 8.94. The van der Waals surface area contributed by atoms with E-state index in [1.54, 1.807) is 13.2 Å². The molecule has 0 saturated carbocycles. The third kappa shape index (κ3) is 3.22. The Morgan fingerprint density at radius 1 is 1.40 bits per heavy atom. The number of aryl methyl sites for hydroxylation is 1. The predicted molar refractivity (Wildman–Crippen MR) is 61.0 cm³/mol. The van der Waals surface area contributed by atoms with Crippen molar-refractivity contribution >= 4 is 15.9 Å². The van der Waals surface area contributed by atoms with Gasteiger partial charge in [-0.15, -0.1) is 0 Å². The third-order valence-corrected chi connectivity index (χ3v) is 2.35. The van der Waals surface area contributed by atoms with Gasteiger partial charge in [0.25, 0.3) is 0 Å². The second-order valence-corrected chi connectivity index (χ2v) is 3.97. The summed E-state index contributed by atoms with van der Waals surface area (Å²) in [4.78, 5) is 0. The lowest BCUT2D eigenvalue weighted by Gasteiger charge is -2.10. The zero-order valence-electron chi connectivity index (χ0n) is 8.71. The molecule has 0 atom stereocenters. The average Bonchev–Trinajstić information content (AvgIpc) is 2.20. The van der Waals surface area contributed by atoms with E-state index in [4.69, 9.17) is 14.7 Å². The van der Waals surface area contributed by atoms with Gasteiger partial charge in [0.15, 0.2) is 0 Å². The van der Waals surface area contributed by atoms with Crippen molar-refractivity contribution in [1.29, 1.82) is 5.26 Å². The first-order valence-corrected chi connectivity index (χ1v) is 5.30. The smallest absolute Gasteiger partial charge is 0.140 e. The van der Waals surface area contributed by atoms with Gasteiger partial charge in [-0.25, -0.2) is 0 Å². The molecule has 1 aromatic rings. The van der Waals surface area contributed by atoms with Crippen LogP contribution in [0.3, 0.4) is 0 Å². The van der Waals surface area contributed by atoms with Gasteiger partial charge in [0.1, 0.15) is 18.4 Å². The Bertz CT molecular complexity index is 385. The van der Waals surface area contributed by atoms with Crippen LogP contribution in [-0.4, -0.2) is 20.3 Å². The lowest BCUT2D eigenvalue weighted by molar-refractivity contribution is 0.146. The summed E-state index contributed by atoms with van der Waals surface area (Å²) in [7, 11) is 1.61. The van der Waals surface area contributed by atoms with E-state index in [2.05, 4.69) is 22.0 Å². The molecule has 0 aromatic heterocycles. The zero-order chi connectivity index (χ0) is 11.3. The summed E-state index contributed by atoms with van der Waals surface area (Å²) >= 11 is 3.34. The standard InChI is InChI=1S/C11H12BrNO2/c1-8-5-10(12)6-9(7-13)11(8)15-4-3-14-2/h5-6H,3-4H2,1-2H3. The van der Waals surface area contributed by atoms with Crippen molar-refractivity contribution in [3.8, 4) is 11.8 Å². The molecule has 0 aliphatic carbocycles. The van der Waals surface area contributed by atoms with Crippen molar-refractivity contribution in [3.05, 3.63) is 27.7 Å². The summed E-state index contributed by atoms with van der Waals surface area (Å²) in [5.74, 6) is 0.637. The van der Waals surface area contributed by atoms with Crippen molar-refractivity contribution in [2.45, 2.75) is 6.92 Å². The number of halogens is 1. The summed E-state index contributed by atoms with van der Waals surface area (Å²) in [6.45, 7) is 2.88. The normalized spacial score (nSPS) is 9.73. The van der Waals surface area contributed by atoms with Crippen LogP contribution in [0.1, 0.15) is 11.1 Å². The largest absolute Gasteiger partial charge is 0.490 e. The summed E-state index contributed by atoms with van der Waals surface area (Å²) in [5.41, 5.74) is 1.48. The third-order valence-electron chi connectivity index (χ3n) is 1.89. The van der Waals surface area contributed by atoms with Crippen LogP contribution in [0.25, 0.3) is 0 Å². The molecule has 0 fully saturated rings. The maximum Gasteiger partial charge on any atom is 0.140 e. The van der Waals surface area contributed by atoms with Crippen molar-refractivity contribution < 1.29 is 9.47 Å². The van der Waals surface area contributed by atoms with Gasteiger partial charge in [0.05, 0.1) is 12.2 Å². The molecule has 3 nitrogen and oxygen atoms in total. The van der Waals surface area contributed by atoms with Crippen molar-refractivity contribution in [1.82, 2.24) is 0 Å². The van der Waals surface area contributed by atoms with Crippen LogP contribution >= 0.6 is 15.9 Å². The van der Waals surface area contributed by atoms with Gasteiger partial charge in [-0.05, 0) is 24.6 Å². The van der Waals surface area contributed by atoms with E-state index in [-0.39, 0.29) is 0 Å². The first kappa shape index (κ1) is 12.0. The number of nitriles is 1. The molecule has 0 unspecified atom stereocenters. The molecule has 0 radical (unpaired) electrons. The minimum absolute atomic E-state index is 0.452. The Morgan fingerprint density at radius 3 is 2.73 bits per heavy atom. The summed E-state index contributed by atoms with van der Waals surface area (Å²) in [6, 6.07) is 5.77. The zero-order valence-corrected chi connectivity index (χ0v) is 10.3. The second-order valence-electron chi connectivity index (χ2n) is 3.05. The minimum Gasteiger partial charge on any atom is -0.490 e. The highest BCUT2D eigenvalue weighted by Crippen LogP contribution is 2.27. The first-order chi connectivity index (χ1) is 7.19. The summed E-state index contributed by atoms with van der Waals surface area (Å²) in [6.07, 6.45) is 0. The van der Waals surface area contributed by atoms with Crippen LogP contribution in [-0.2, 0) is 4.74 Å². The summed E-state index contributed by atoms with van der Waals surface area (Å²) in [5, 5.41) is 8.94. The van der Waals surface area contributed by atoms with Gasteiger partial charge in [0, 0.05) is 11.6 Å². The maximum absolute atomic E-state index is 8.94. The van der Waals surface area contributed by atoms with E-state index in [1.165, 1.54) is 0 Å². The molecule has 4 heteroatoms. The molecule has 80 valence electrons. The predicted octanol–water partition coefficient (Wildman–Crippen LogP) is 2.65. The fourth-order valence-electron chi connectivity index (χ4n) is 1.23. The van der Waals surface area contributed by atoms with Crippen LogP contribution in [0, 0.1) is 18.3 Å². The van der Waals surface area contributed by atoms with Gasteiger partial charge < -0.3 is 9.47 Å². The molecule has 0 N–H and O–H groups in total. The van der Waals surface area contributed by atoms with Gasteiger partial charge in [0.2, 0.25) is 0 Å². The Morgan fingerprint density at radius 2 is 2.13 bits per heavy atom. The van der Waals surface area contributed by atoms with Gasteiger partial charge in [-0.2, -0.15) is 5.26 Å². The van der Waals surface area contributed by atoms with Crippen LogP contribution in [0.5, 0.6) is 5.75 Å². The molecule has 15 heavy (non-hydrogen) atoms. The molecular weight excluding hydrogens is 258 g/mol. The highest BCUT2D eigenvalue weighted by molar-refractivity contribution is 9.10. The molecule has 1 aromatic carbocycles. The molecule has 1 rings (SSSR count).